The number of amides is 1. The van der Waals surface area contributed by atoms with Crippen LogP contribution in [0.3, 0.4) is 0 Å². The second-order valence-electron chi connectivity index (χ2n) is 4.20. The number of aromatic nitrogens is 1. The number of carbonyl (C=O) groups excluding carboxylic acids is 1. The Labute approximate surface area is 122 Å². The molecule has 0 unspecified atom stereocenters. The molecule has 0 saturated heterocycles. The smallest absolute Gasteiger partial charge is 0.224 e. The van der Waals surface area contributed by atoms with Gasteiger partial charge in [-0.3, -0.25) is 4.79 Å². The Morgan fingerprint density at radius 3 is 3.11 bits per heavy atom. The summed E-state index contributed by atoms with van der Waals surface area (Å²) in [5.74, 6) is 0.724. The summed E-state index contributed by atoms with van der Waals surface area (Å²) in [7, 11) is 0. The fourth-order valence-electron chi connectivity index (χ4n) is 2.00. The summed E-state index contributed by atoms with van der Waals surface area (Å²) in [6.45, 7) is 0.413. The van der Waals surface area contributed by atoms with Crippen LogP contribution in [0, 0.1) is 0 Å². The molecule has 1 amide bonds. The van der Waals surface area contributed by atoms with Gasteiger partial charge in [-0.15, -0.1) is 11.3 Å². The summed E-state index contributed by atoms with van der Waals surface area (Å²) in [6.07, 6.45) is 3.02. The van der Waals surface area contributed by atoms with Crippen molar-refractivity contribution in [1.82, 2.24) is 4.98 Å². The normalized spacial score (nSPS) is 13.8. The first-order valence-corrected chi connectivity index (χ1v) is 7.53. The summed E-state index contributed by atoms with van der Waals surface area (Å²) in [4.78, 5) is 15.7. The Bertz CT molecular complexity index is 613. The minimum atomic E-state index is 0.0360. The van der Waals surface area contributed by atoms with Gasteiger partial charge < -0.3 is 10.1 Å². The van der Waals surface area contributed by atoms with E-state index in [9.17, 15) is 4.79 Å². The molecule has 1 aromatic carbocycles. The van der Waals surface area contributed by atoms with Crippen molar-refractivity contribution in [2.75, 3.05) is 5.32 Å². The minimum Gasteiger partial charge on any atom is -0.484 e. The van der Waals surface area contributed by atoms with E-state index < -0.39 is 0 Å². The van der Waals surface area contributed by atoms with Gasteiger partial charge in [0.15, 0.2) is 0 Å². The number of hydrogen-bond acceptors (Lipinski definition) is 4. The highest BCUT2D eigenvalue weighted by molar-refractivity contribution is 9.10. The number of rotatable bonds is 3. The minimum absolute atomic E-state index is 0.0360. The largest absolute Gasteiger partial charge is 0.484 e. The fourth-order valence-corrected chi connectivity index (χ4v) is 3.01. The average Bonchev–Trinajstić information content (AvgIpc) is 2.89. The fraction of sp³-hybridized carbons (Fsp3) is 0.231. The number of fused-ring (bicyclic) bond motifs is 1. The number of nitrogens with one attached hydrogen (secondary N) is 1. The van der Waals surface area contributed by atoms with Gasteiger partial charge in [0.25, 0.3) is 0 Å². The topological polar surface area (TPSA) is 51.2 Å². The average molecular weight is 339 g/mol. The Morgan fingerprint density at radius 2 is 2.32 bits per heavy atom. The van der Waals surface area contributed by atoms with E-state index in [0.29, 0.717) is 18.8 Å². The van der Waals surface area contributed by atoms with Gasteiger partial charge in [-0.1, -0.05) is 15.9 Å². The molecule has 6 heteroatoms. The van der Waals surface area contributed by atoms with Crippen LogP contribution in [0.25, 0.3) is 0 Å². The number of halogens is 1. The van der Waals surface area contributed by atoms with Crippen molar-refractivity contribution in [3.63, 3.8) is 0 Å². The maximum absolute atomic E-state index is 11.5. The van der Waals surface area contributed by atoms with Gasteiger partial charge in [0, 0.05) is 22.5 Å². The van der Waals surface area contributed by atoms with Crippen LogP contribution in [0.15, 0.2) is 28.2 Å². The molecule has 0 radical (unpaired) electrons. The second kappa shape index (κ2) is 5.30. The zero-order valence-electron chi connectivity index (χ0n) is 9.98. The van der Waals surface area contributed by atoms with Crippen molar-refractivity contribution in [2.45, 2.75) is 19.4 Å². The van der Waals surface area contributed by atoms with Crippen molar-refractivity contribution in [1.29, 1.82) is 0 Å². The lowest BCUT2D eigenvalue weighted by Crippen LogP contribution is -2.19. The summed E-state index contributed by atoms with van der Waals surface area (Å²) < 4.78 is 6.74. The summed E-state index contributed by atoms with van der Waals surface area (Å²) in [6, 6.07) is 3.89. The highest BCUT2D eigenvalue weighted by Gasteiger charge is 2.19. The van der Waals surface area contributed by atoms with E-state index >= 15 is 0 Å². The van der Waals surface area contributed by atoms with Crippen molar-refractivity contribution in [2.24, 2.45) is 0 Å². The molecular formula is C13H11BrN2O2S. The summed E-state index contributed by atoms with van der Waals surface area (Å²) in [5.41, 5.74) is 1.89. The third-order valence-corrected chi connectivity index (χ3v) is 4.08. The number of thiazole rings is 1. The molecular weight excluding hydrogens is 328 g/mol. The van der Waals surface area contributed by atoms with E-state index in [1.54, 1.807) is 17.5 Å². The van der Waals surface area contributed by atoms with Gasteiger partial charge >= 0.3 is 0 Å². The summed E-state index contributed by atoms with van der Waals surface area (Å²) >= 11 is 5.02. The molecule has 0 spiro atoms. The molecule has 2 heterocycles. The van der Waals surface area contributed by atoms with Crippen LogP contribution < -0.4 is 10.1 Å². The molecule has 1 N–H and O–H groups in total. The first kappa shape index (κ1) is 12.6. The standard InChI is InChI=1S/C13H11BrN2O2S/c14-9-5-8-1-2-11(17)16-13(8)10(6-9)18-7-12-15-3-4-19-12/h3-6H,1-2,7H2,(H,16,17). The van der Waals surface area contributed by atoms with E-state index in [2.05, 4.69) is 26.2 Å². The first-order chi connectivity index (χ1) is 9.22. The Kier molecular flexibility index (Phi) is 3.52. The van der Waals surface area contributed by atoms with Crippen molar-refractivity contribution in [3.8, 4) is 5.75 Å². The zero-order valence-corrected chi connectivity index (χ0v) is 12.4. The Balaban J connectivity index is 1.87. The quantitative estimate of drug-likeness (QED) is 0.933. The molecule has 19 heavy (non-hydrogen) atoms. The Morgan fingerprint density at radius 1 is 1.42 bits per heavy atom. The van der Waals surface area contributed by atoms with Gasteiger partial charge in [-0.05, 0) is 24.1 Å². The van der Waals surface area contributed by atoms with Gasteiger partial charge in [0.05, 0.1) is 5.69 Å². The van der Waals surface area contributed by atoms with Crippen LogP contribution in [-0.2, 0) is 17.8 Å². The number of carbonyl (C=O) groups is 1. The molecule has 2 aromatic rings. The van der Waals surface area contributed by atoms with Crippen LogP contribution >= 0.6 is 27.3 Å². The van der Waals surface area contributed by atoms with Crippen LogP contribution in [0.2, 0.25) is 0 Å². The number of aryl methyl sites for hydroxylation is 1. The van der Waals surface area contributed by atoms with Crippen LogP contribution in [0.1, 0.15) is 17.0 Å². The number of benzene rings is 1. The van der Waals surface area contributed by atoms with Crippen LogP contribution in [0.5, 0.6) is 5.75 Å². The van der Waals surface area contributed by atoms with Crippen molar-refractivity contribution < 1.29 is 9.53 Å². The highest BCUT2D eigenvalue weighted by atomic mass is 79.9. The maximum Gasteiger partial charge on any atom is 0.224 e. The van der Waals surface area contributed by atoms with E-state index in [4.69, 9.17) is 4.74 Å². The molecule has 0 saturated carbocycles. The van der Waals surface area contributed by atoms with E-state index in [1.165, 1.54) is 0 Å². The predicted octanol–water partition coefficient (Wildman–Crippen LogP) is 3.37. The third-order valence-electron chi connectivity index (χ3n) is 2.87. The van der Waals surface area contributed by atoms with E-state index in [1.807, 2.05) is 17.5 Å². The summed E-state index contributed by atoms with van der Waals surface area (Å²) in [5, 5.41) is 5.71. The van der Waals surface area contributed by atoms with Crippen LogP contribution in [0.4, 0.5) is 5.69 Å². The van der Waals surface area contributed by atoms with Crippen molar-refractivity contribution >= 4 is 38.9 Å². The lowest BCUT2D eigenvalue weighted by atomic mass is 10.0. The van der Waals surface area contributed by atoms with Gasteiger partial charge in [-0.2, -0.15) is 0 Å². The number of nitrogens with zero attached hydrogens (tertiary/aromatic N) is 1. The van der Waals surface area contributed by atoms with Gasteiger partial charge in [0.1, 0.15) is 17.4 Å². The maximum atomic E-state index is 11.5. The molecule has 0 fully saturated rings. The number of hydrogen-bond donors (Lipinski definition) is 1. The highest BCUT2D eigenvalue weighted by Crippen LogP contribution is 2.36. The zero-order chi connectivity index (χ0) is 13.2. The SMILES string of the molecule is O=C1CCc2cc(Br)cc(OCc3nccs3)c2N1. The lowest BCUT2D eigenvalue weighted by Gasteiger charge is -2.20. The predicted molar refractivity (Wildman–Crippen MR) is 77.5 cm³/mol. The van der Waals surface area contributed by atoms with Crippen LogP contribution in [-0.4, -0.2) is 10.9 Å². The van der Waals surface area contributed by atoms with E-state index in [-0.39, 0.29) is 5.91 Å². The van der Waals surface area contributed by atoms with Crippen molar-refractivity contribution in [3.05, 3.63) is 38.8 Å². The molecule has 4 nitrogen and oxygen atoms in total. The second-order valence-corrected chi connectivity index (χ2v) is 6.10. The molecule has 98 valence electrons. The molecule has 0 atom stereocenters. The molecule has 1 aliphatic rings. The molecule has 1 aromatic heterocycles. The van der Waals surface area contributed by atoms with Gasteiger partial charge in [0.2, 0.25) is 5.91 Å². The number of anilines is 1. The Hall–Kier alpha value is -1.40. The molecule has 1 aliphatic heterocycles. The lowest BCUT2D eigenvalue weighted by molar-refractivity contribution is -0.116. The van der Waals surface area contributed by atoms with Gasteiger partial charge in [-0.25, -0.2) is 4.98 Å². The number of ether oxygens (including phenoxy) is 1. The first-order valence-electron chi connectivity index (χ1n) is 5.86. The third kappa shape index (κ3) is 2.79. The van der Waals surface area contributed by atoms with E-state index in [0.717, 1.165) is 27.2 Å². The molecule has 0 aliphatic carbocycles. The molecule has 0 bridgehead atoms. The monoisotopic (exact) mass is 338 g/mol. The molecule has 3 rings (SSSR count).